The fourth-order valence-corrected chi connectivity index (χ4v) is 3.87. The van der Waals surface area contributed by atoms with Gasteiger partial charge in [-0.05, 0) is 37.2 Å². The van der Waals surface area contributed by atoms with E-state index in [-0.39, 0.29) is 11.8 Å². The van der Waals surface area contributed by atoms with Crippen LogP contribution in [0.1, 0.15) is 38.2 Å². The number of fused-ring (bicyclic) bond motifs is 1. The topological polar surface area (TPSA) is 57.6 Å². The summed E-state index contributed by atoms with van der Waals surface area (Å²) in [5.41, 5.74) is 0.979. The Labute approximate surface area is 131 Å². The summed E-state index contributed by atoms with van der Waals surface area (Å²) in [5.74, 6) is 0.164. The third-order valence-electron chi connectivity index (χ3n) is 5.25. The van der Waals surface area contributed by atoms with Crippen molar-refractivity contribution in [2.45, 2.75) is 45.2 Å². The van der Waals surface area contributed by atoms with Crippen LogP contribution in [0.15, 0.2) is 30.3 Å². The maximum Gasteiger partial charge on any atom is 0.326 e. The molecule has 1 aromatic carbocycles. The second kappa shape index (κ2) is 6.11. The Kier molecular flexibility index (Phi) is 4.19. The van der Waals surface area contributed by atoms with Gasteiger partial charge in [-0.25, -0.2) is 4.79 Å². The minimum atomic E-state index is -0.937. The summed E-state index contributed by atoms with van der Waals surface area (Å²) >= 11 is 0. The Balaban J connectivity index is 1.76. The van der Waals surface area contributed by atoms with Crippen molar-refractivity contribution in [1.82, 2.24) is 4.90 Å². The molecule has 22 heavy (non-hydrogen) atoms. The van der Waals surface area contributed by atoms with Gasteiger partial charge in [0, 0.05) is 12.5 Å². The van der Waals surface area contributed by atoms with E-state index in [1.807, 2.05) is 30.3 Å². The number of rotatable bonds is 5. The SMILES string of the molecule is CC(C(=O)O)N(Cc1ccccc1)C(=O)C1C2CCCCC21. The minimum Gasteiger partial charge on any atom is -0.480 e. The van der Waals surface area contributed by atoms with E-state index in [0.717, 1.165) is 18.4 Å². The quantitative estimate of drug-likeness (QED) is 0.909. The van der Waals surface area contributed by atoms with Gasteiger partial charge in [0.05, 0.1) is 0 Å². The summed E-state index contributed by atoms with van der Waals surface area (Å²) in [6, 6.07) is 8.85. The Morgan fingerprint density at radius 3 is 2.32 bits per heavy atom. The van der Waals surface area contributed by atoms with E-state index >= 15 is 0 Å². The molecule has 0 radical (unpaired) electrons. The summed E-state index contributed by atoms with van der Waals surface area (Å²) in [7, 11) is 0. The Morgan fingerprint density at radius 2 is 1.77 bits per heavy atom. The molecule has 3 atom stereocenters. The molecule has 0 aliphatic heterocycles. The first-order valence-corrected chi connectivity index (χ1v) is 8.17. The molecule has 2 fully saturated rings. The molecule has 3 rings (SSSR count). The molecule has 4 heteroatoms. The third kappa shape index (κ3) is 2.87. The van der Waals surface area contributed by atoms with Crippen molar-refractivity contribution in [3.63, 3.8) is 0 Å². The van der Waals surface area contributed by atoms with Crippen molar-refractivity contribution in [2.24, 2.45) is 17.8 Å². The zero-order valence-electron chi connectivity index (χ0n) is 12.9. The number of nitrogens with zero attached hydrogens (tertiary/aromatic N) is 1. The fraction of sp³-hybridized carbons (Fsp3) is 0.556. The number of benzene rings is 1. The molecular formula is C18H23NO3. The molecule has 2 saturated carbocycles. The molecule has 0 bridgehead atoms. The van der Waals surface area contributed by atoms with E-state index in [2.05, 4.69) is 0 Å². The maximum atomic E-state index is 12.9. The predicted octanol–water partition coefficient (Wildman–Crippen LogP) is 2.92. The van der Waals surface area contributed by atoms with Gasteiger partial charge in [0.25, 0.3) is 0 Å². The van der Waals surface area contributed by atoms with Gasteiger partial charge in [-0.3, -0.25) is 4.79 Å². The van der Waals surface area contributed by atoms with Crippen LogP contribution in [0, 0.1) is 17.8 Å². The van der Waals surface area contributed by atoms with E-state index in [4.69, 9.17) is 0 Å². The van der Waals surface area contributed by atoms with Gasteiger partial charge in [0.1, 0.15) is 6.04 Å². The average molecular weight is 301 g/mol. The van der Waals surface area contributed by atoms with Gasteiger partial charge in [-0.2, -0.15) is 0 Å². The summed E-state index contributed by atoms with van der Waals surface area (Å²) < 4.78 is 0. The number of aliphatic carboxylic acids is 1. The molecule has 118 valence electrons. The lowest BCUT2D eigenvalue weighted by Gasteiger charge is -2.27. The standard InChI is InChI=1S/C18H23NO3/c1-12(18(21)22)19(11-13-7-3-2-4-8-13)17(20)16-14-9-5-6-10-15(14)16/h2-4,7-8,12,14-16H,5-6,9-11H2,1H3,(H,21,22). The van der Waals surface area contributed by atoms with Crippen LogP contribution in [0.2, 0.25) is 0 Å². The average Bonchev–Trinajstić information content (AvgIpc) is 3.26. The van der Waals surface area contributed by atoms with Crippen molar-refractivity contribution in [2.75, 3.05) is 0 Å². The summed E-state index contributed by atoms with van der Waals surface area (Å²) in [4.78, 5) is 25.8. The molecule has 0 saturated heterocycles. The monoisotopic (exact) mass is 301 g/mol. The van der Waals surface area contributed by atoms with E-state index in [1.165, 1.54) is 12.8 Å². The number of carbonyl (C=O) groups is 2. The molecular weight excluding hydrogens is 278 g/mol. The normalized spacial score (nSPS) is 27.6. The Morgan fingerprint density at radius 1 is 1.18 bits per heavy atom. The van der Waals surface area contributed by atoms with Crippen LogP contribution in [0.5, 0.6) is 0 Å². The molecule has 0 aromatic heterocycles. The number of amides is 1. The van der Waals surface area contributed by atoms with Gasteiger partial charge < -0.3 is 10.0 Å². The summed E-state index contributed by atoms with van der Waals surface area (Å²) in [6.07, 6.45) is 4.67. The molecule has 2 aliphatic rings. The number of carboxylic acid groups (broad SMARTS) is 1. The van der Waals surface area contributed by atoms with Crippen LogP contribution in [0.25, 0.3) is 0 Å². The lowest BCUT2D eigenvalue weighted by molar-refractivity contribution is -0.150. The highest BCUT2D eigenvalue weighted by molar-refractivity contribution is 5.87. The van der Waals surface area contributed by atoms with E-state index in [1.54, 1.807) is 11.8 Å². The van der Waals surface area contributed by atoms with Crippen molar-refractivity contribution >= 4 is 11.9 Å². The molecule has 1 N–H and O–H groups in total. The number of hydrogen-bond donors (Lipinski definition) is 1. The van der Waals surface area contributed by atoms with Crippen LogP contribution in [-0.2, 0) is 16.1 Å². The van der Waals surface area contributed by atoms with E-state index in [9.17, 15) is 14.7 Å². The number of carbonyl (C=O) groups excluding carboxylic acids is 1. The van der Waals surface area contributed by atoms with Gasteiger partial charge in [0.15, 0.2) is 0 Å². The zero-order chi connectivity index (χ0) is 15.7. The summed E-state index contributed by atoms with van der Waals surface area (Å²) in [6.45, 7) is 1.98. The molecule has 1 amide bonds. The first kappa shape index (κ1) is 15.1. The highest BCUT2D eigenvalue weighted by Crippen LogP contribution is 2.56. The largest absolute Gasteiger partial charge is 0.480 e. The van der Waals surface area contributed by atoms with Crippen LogP contribution in [0.4, 0.5) is 0 Å². The lowest BCUT2D eigenvalue weighted by Crippen LogP contribution is -2.44. The first-order valence-electron chi connectivity index (χ1n) is 8.17. The summed E-state index contributed by atoms with van der Waals surface area (Å²) in [5, 5.41) is 9.35. The van der Waals surface area contributed by atoms with Crippen LogP contribution in [0.3, 0.4) is 0 Å². The second-order valence-corrected chi connectivity index (χ2v) is 6.60. The molecule has 2 aliphatic carbocycles. The molecule has 3 unspecified atom stereocenters. The van der Waals surface area contributed by atoms with Crippen LogP contribution < -0.4 is 0 Å². The van der Waals surface area contributed by atoms with Crippen molar-refractivity contribution in [3.05, 3.63) is 35.9 Å². The van der Waals surface area contributed by atoms with Crippen LogP contribution in [-0.4, -0.2) is 27.9 Å². The van der Waals surface area contributed by atoms with E-state index < -0.39 is 12.0 Å². The zero-order valence-corrected chi connectivity index (χ0v) is 12.9. The van der Waals surface area contributed by atoms with Gasteiger partial charge in [0.2, 0.25) is 5.91 Å². The number of carboxylic acids is 1. The highest BCUT2D eigenvalue weighted by Gasteiger charge is 2.56. The fourth-order valence-electron chi connectivity index (χ4n) is 3.87. The smallest absolute Gasteiger partial charge is 0.326 e. The van der Waals surface area contributed by atoms with Crippen molar-refractivity contribution in [3.8, 4) is 0 Å². The molecule has 1 aromatic rings. The second-order valence-electron chi connectivity index (χ2n) is 6.60. The molecule has 4 nitrogen and oxygen atoms in total. The molecule has 0 spiro atoms. The maximum absolute atomic E-state index is 12.9. The van der Waals surface area contributed by atoms with E-state index in [0.29, 0.717) is 18.4 Å². The predicted molar refractivity (Wildman–Crippen MR) is 83.0 cm³/mol. The third-order valence-corrected chi connectivity index (χ3v) is 5.25. The Bertz CT molecular complexity index is 545. The number of hydrogen-bond acceptors (Lipinski definition) is 2. The Hall–Kier alpha value is -1.84. The lowest BCUT2D eigenvalue weighted by atomic mass is 10.0. The highest BCUT2D eigenvalue weighted by atomic mass is 16.4. The van der Waals surface area contributed by atoms with Crippen molar-refractivity contribution < 1.29 is 14.7 Å². The minimum absolute atomic E-state index is 0.0376. The van der Waals surface area contributed by atoms with Gasteiger partial charge >= 0.3 is 5.97 Å². The molecule has 0 heterocycles. The van der Waals surface area contributed by atoms with Crippen LogP contribution >= 0.6 is 0 Å². The van der Waals surface area contributed by atoms with Crippen molar-refractivity contribution in [1.29, 1.82) is 0 Å². The van der Waals surface area contributed by atoms with Gasteiger partial charge in [-0.1, -0.05) is 43.2 Å². The van der Waals surface area contributed by atoms with Gasteiger partial charge in [-0.15, -0.1) is 0 Å². The first-order chi connectivity index (χ1) is 10.6.